The Morgan fingerprint density at radius 2 is 2.08 bits per heavy atom. The second-order valence-corrected chi connectivity index (χ2v) is 6.07. The van der Waals surface area contributed by atoms with Gasteiger partial charge in [0, 0.05) is 31.2 Å². The van der Waals surface area contributed by atoms with Crippen molar-refractivity contribution >= 4 is 17.4 Å². The van der Waals surface area contributed by atoms with Gasteiger partial charge in [0.2, 0.25) is 0 Å². The van der Waals surface area contributed by atoms with E-state index in [4.69, 9.17) is 4.74 Å². The SMILES string of the molecule is CCCOc1ccc(C2CNC(=O)N2c2ccn3ccnc3c2)cc1. The molecule has 1 unspecified atom stereocenters. The molecule has 1 N–H and O–H groups in total. The fourth-order valence-electron chi connectivity index (χ4n) is 3.12. The Hall–Kier alpha value is -3.02. The van der Waals surface area contributed by atoms with Crippen LogP contribution in [0.3, 0.4) is 0 Å². The number of carbonyl (C=O) groups excluding carboxylic acids is 1. The van der Waals surface area contributed by atoms with Crippen molar-refractivity contribution < 1.29 is 9.53 Å². The highest BCUT2D eigenvalue weighted by molar-refractivity contribution is 5.95. The van der Waals surface area contributed by atoms with Gasteiger partial charge in [-0.05, 0) is 30.2 Å². The number of anilines is 1. The third-order valence-corrected chi connectivity index (χ3v) is 4.37. The zero-order chi connectivity index (χ0) is 17.2. The van der Waals surface area contributed by atoms with Crippen LogP contribution in [0.5, 0.6) is 5.75 Å². The van der Waals surface area contributed by atoms with Crippen LogP contribution in [0.15, 0.2) is 55.0 Å². The van der Waals surface area contributed by atoms with Crippen LogP contribution in [0.25, 0.3) is 5.65 Å². The molecule has 1 atom stereocenters. The Morgan fingerprint density at radius 3 is 2.88 bits per heavy atom. The van der Waals surface area contributed by atoms with E-state index >= 15 is 0 Å². The Kier molecular flexibility index (Phi) is 4.01. The summed E-state index contributed by atoms with van der Waals surface area (Å²) in [4.78, 5) is 18.5. The molecule has 1 saturated heterocycles. The summed E-state index contributed by atoms with van der Waals surface area (Å²) >= 11 is 0. The van der Waals surface area contributed by atoms with E-state index in [0.717, 1.165) is 29.1 Å². The van der Waals surface area contributed by atoms with Gasteiger partial charge >= 0.3 is 6.03 Å². The van der Waals surface area contributed by atoms with E-state index in [-0.39, 0.29) is 12.1 Å². The van der Waals surface area contributed by atoms with Crippen molar-refractivity contribution in [3.05, 3.63) is 60.6 Å². The number of ether oxygens (including phenoxy) is 1. The number of rotatable bonds is 5. The molecule has 0 saturated carbocycles. The van der Waals surface area contributed by atoms with Crippen molar-refractivity contribution in [1.29, 1.82) is 0 Å². The summed E-state index contributed by atoms with van der Waals surface area (Å²) in [6.07, 6.45) is 6.53. The second kappa shape index (κ2) is 6.47. The molecule has 1 aliphatic rings. The molecule has 1 aliphatic heterocycles. The van der Waals surface area contributed by atoms with Crippen LogP contribution < -0.4 is 15.0 Å². The van der Waals surface area contributed by atoms with E-state index in [1.54, 1.807) is 11.1 Å². The van der Waals surface area contributed by atoms with E-state index < -0.39 is 0 Å². The first-order valence-corrected chi connectivity index (χ1v) is 8.49. The molecule has 2 aromatic heterocycles. The zero-order valence-electron chi connectivity index (χ0n) is 14.1. The summed E-state index contributed by atoms with van der Waals surface area (Å²) in [5.74, 6) is 0.855. The summed E-state index contributed by atoms with van der Waals surface area (Å²) in [7, 11) is 0. The molecule has 6 heteroatoms. The fraction of sp³-hybridized carbons (Fsp3) is 0.263. The number of benzene rings is 1. The maximum atomic E-state index is 12.4. The molecule has 1 aromatic carbocycles. The minimum atomic E-state index is -0.0905. The summed E-state index contributed by atoms with van der Waals surface area (Å²) in [6, 6.07) is 11.7. The summed E-state index contributed by atoms with van der Waals surface area (Å²) in [6.45, 7) is 3.37. The molecule has 3 heterocycles. The smallest absolute Gasteiger partial charge is 0.322 e. The van der Waals surface area contributed by atoms with Gasteiger partial charge in [-0.1, -0.05) is 19.1 Å². The maximum absolute atomic E-state index is 12.4. The summed E-state index contributed by atoms with van der Waals surface area (Å²) < 4.78 is 7.56. The number of pyridine rings is 1. The minimum absolute atomic E-state index is 0.0508. The molecule has 0 spiro atoms. The van der Waals surface area contributed by atoms with Crippen LogP contribution in [0.2, 0.25) is 0 Å². The van der Waals surface area contributed by atoms with Gasteiger partial charge in [-0.2, -0.15) is 0 Å². The molecular weight excluding hydrogens is 316 g/mol. The first-order chi connectivity index (χ1) is 12.3. The van der Waals surface area contributed by atoms with Gasteiger partial charge < -0.3 is 14.5 Å². The van der Waals surface area contributed by atoms with Gasteiger partial charge in [0.05, 0.1) is 18.3 Å². The van der Waals surface area contributed by atoms with Crippen molar-refractivity contribution in [2.75, 3.05) is 18.1 Å². The van der Waals surface area contributed by atoms with Crippen molar-refractivity contribution in [2.45, 2.75) is 19.4 Å². The number of aromatic nitrogens is 2. The van der Waals surface area contributed by atoms with Crippen molar-refractivity contribution in [3.63, 3.8) is 0 Å². The summed E-state index contributed by atoms with van der Waals surface area (Å²) in [5, 5.41) is 2.94. The Labute approximate surface area is 146 Å². The van der Waals surface area contributed by atoms with E-state index in [9.17, 15) is 4.79 Å². The molecular formula is C19H20N4O2. The number of amides is 2. The second-order valence-electron chi connectivity index (χ2n) is 6.07. The average molecular weight is 336 g/mol. The maximum Gasteiger partial charge on any atom is 0.322 e. The Balaban J connectivity index is 1.63. The van der Waals surface area contributed by atoms with Crippen LogP contribution in [-0.2, 0) is 0 Å². The van der Waals surface area contributed by atoms with Gasteiger partial charge in [0.15, 0.2) is 0 Å². The van der Waals surface area contributed by atoms with Crippen LogP contribution in [-0.4, -0.2) is 28.6 Å². The molecule has 0 aliphatic carbocycles. The highest BCUT2D eigenvalue weighted by atomic mass is 16.5. The number of nitrogens with one attached hydrogen (secondary N) is 1. The number of fused-ring (bicyclic) bond motifs is 1. The molecule has 4 rings (SSSR count). The first-order valence-electron chi connectivity index (χ1n) is 8.49. The predicted molar refractivity (Wildman–Crippen MR) is 96.0 cm³/mol. The van der Waals surface area contributed by atoms with Crippen LogP contribution in [0.1, 0.15) is 24.9 Å². The molecule has 2 amide bonds. The molecule has 128 valence electrons. The standard InChI is InChI=1S/C19H20N4O2/c1-2-11-25-16-5-3-14(4-6-16)17-13-21-19(24)23(17)15-7-9-22-10-8-20-18(22)12-15/h3-10,12,17H,2,11,13H2,1H3,(H,21,24). The number of hydrogen-bond donors (Lipinski definition) is 1. The molecule has 0 bridgehead atoms. The highest BCUT2D eigenvalue weighted by Crippen LogP contribution is 2.31. The van der Waals surface area contributed by atoms with E-state index in [1.807, 2.05) is 53.2 Å². The quantitative estimate of drug-likeness (QED) is 0.777. The Bertz CT molecular complexity index is 888. The number of carbonyl (C=O) groups is 1. The van der Waals surface area contributed by atoms with Crippen LogP contribution in [0, 0.1) is 0 Å². The normalized spacial score (nSPS) is 17.1. The van der Waals surface area contributed by atoms with Gasteiger partial charge in [-0.3, -0.25) is 4.90 Å². The zero-order valence-corrected chi connectivity index (χ0v) is 14.1. The number of imidazole rings is 1. The fourth-order valence-corrected chi connectivity index (χ4v) is 3.12. The molecule has 1 fully saturated rings. The third-order valence-electron chi connectivity index (χ3n) is 4.37. The topological polar surface area (TPSA) is 58.9 Å². The first kappa shape index (κ1) is 15.5. The number of urea groups is 1. The van der Waals surface area contributed by atoms with Crippen LogP contribution in [0.4, 0.5) is 10.5 Å². The van der Waals surface area contributed by atoms with Gasteiger partial charge in [0.25, 0.3) is 0 Å². The van der Waals surface area contributed by atoms with Crippen molar-refractivity contribution in [3.8, 4) is 5.75 Å². The molecule has 0 radical (unpaired) electrons. The van der Waals surface area contributed by atoms with Gasteiger partial charge in [-0.15, -0.1) is 0 Å². The third kappa shape index (κ3) is 2.91. The molecule has 6 nitrogen and oxygen atoms in total. The molecule has 25 heavy (non-hydrogen) atoms. The lowest BCUT2D eigenvalue weighted by molar-refractivity contribution is 0.251. The summed E-state index contributed by atoms with van der Waals surface area (Å²) in [5.41, 5.74) is 2.73. The van der Waals surface area contributed by atoms with Crippen molar-refractivity contribution in [2.24, 2.45) is 0 Å². The van der Waals surface area contributed by atoms with E-state index in [2.05, 4.69) is 17.2 Å². The lowest BCUT2D eigenvalue weighted by Gasteiger charge is -2.23. The monoisotopic (exact) mass is 336 g/mol. The van der Waals surface area contributed by atoms with E-state index in [1.165, 1.54) is 0 Å². The number of hydrogen-bond acceptors (Lipinski definition) is 3. The van der Waals surface area contributed by atoms with Gasteiger partial charge in [-0.25, -0.2) is 9.78 Å². The average Bonchev–Trinajstić information content (AvgIpc) is 3.26. The Morgan fingerprint density at radius 1 is 1.24 bits per heavy atom. The van der Waals surface area contributed by atoms with E-state index in [0.29, 0.717) is 13.2 Å². The lowest BCUT2D eigenvalue weighted by Crippen LogP contribution is -2.29. The largest absolute Gasteiger partial charge is 0.494 e. The predicted octanol–water partition coefficient (Wildman–Crippen LogP) is 3.39. The lowest BCUT2D eigenvalue weighted by atomic mass is 10.1. The van der Waals surface area contributed by atoms with Crippen molar-refractivity contribution in [1.82, 2.24) is 14.7 Å². The minimum Gasteiger partial charge on any atom is -0.494 e. The number of nitrogens with zero attached hydrogens (tertiary/aromatic N) is 3. The highest BCUT2D eigenvalue weighted by Gasteiger charge is 2.33. The molecule has 3 aromatic rings. The van der Waals surface area contributed by atoms with Gasteiger partial charge in [0.1, 0.15) is 11.4 Å². The van der Waals surface area contributed by atoms with Crippen LogP contribution >= 0.6 is 0 Å².